The molecule has 0 spiro atoms. The quantitative estimate of drug-likeness (QED) is 0.881. The van der Waals surface area contributed by atoms with Gasteiger partial charge >= 0.3 is 0 Å². The van der Waals surface area contributed by atoms with Crippen LogP contribution in [0.2, 0.25) is 0 Å². The minimum Gasteiger partial charge on any atom is -0.349 e. The van der Waals surface area contributed by atoms with Crippen molar-refractivity contribution in [2.75, 3.05) is 0 Å². The zero-order valence-corrected chi connectivity index (χ0v) is 10.5. The van der Waals surface area contributed by atoms with E-state index >= 15 is 0 Å². The molecule has 0 saturated heterocycles. The van der Waals surface area contributed by atoms with Gasteiger partial charge in [0.1, 0.15) is 0 Å². The van der Waals surface area contributed by atoms with Gasteiger partial charge in [-0.3, -0.25) is 4.79 Å². The number of carbonyl (C=O) groups is 1. The van der Waals surface area contributed by atoms with Crippen molar-refractivity contribution in [3.63, 3.8) is 0 Å². The summed E-state index contributed by atoms with van der Waals surface area (Å²) in [5, 5.41) is 4.92. The fourth-order valence-electron chi connectivity index (χ4n) is 1.72. The molecule has 0 bridgehead atoms. The van der Waals surface area contributed by atoms with E-state index in [1.807, 2.05) is 42.6 Å². The molecule has 0 aliphatic carbocycles. The summed E-state index contributed by atoms with van der Waals surface area (Å²) in [7, 11) is 0. The van der Waals surface area contributed by atoms with Crippen LogP contribution < -0.4 is 5.32 Å². The summed E-state index contributed by atoms with van der Waals surface area (Å²) in [5.74, 6) is 0.0171. The number of rotatable bonds is 4. The summed E-state index contributed by atoms with van der Waals surface area (Å²) in [4.78, 5) is 12.6. The van der Waals surface area contributed by atoms with E-state index < -0.39 is 0 Å². The van der Waals surface area contributed by atoms with Crippen LogP contribution in [0.3, 0.4) is 0 Å². The van der Waals surface area contributed by atoms with Gasteiger partial charge in [-0.2, -0.15) is 0 Å². The first-order valence-corrected chi connectivity index (χ1v) is 6.52. The predicted molar refractivity (Wildman–Crippen MR) is 71.4 cm³/mol. The molecule has 2 aromatic rings. The average Bonchev–Trinajstić information content (AvgIpc) is 2.83. The third kappa shape index (κ3) is 3.43. The number of nitrogens with one attached hydrogen (secondary N) is 1. The normalized spacial score (nSPS) is 12.1. The van der Waals surface area contributed by atoms with Crippen LogP contribution in [0.5, 0.6) is 0 Å². The molecular formula is C14H15NOS. The molecule has 88 valence electrons. The smallest absolute Gasteiger partial charge is 0.261 e. The Morgan fingerprint density at radius 2 is 2.00 bits per heavy atom. The maximum atomic E-state index is 11.8. The van der Waals surface area contributed by atoms with Gasteiger partial charge in [-0.15, -0.1) is 11.3 Å². The minimum absolute atomic E-state index is 0.0171. The first-order valence-electron chi connectivity index (χ1n) is 5.64. The molecule has 0 saturated carbocycles. The van der Waals surface area contributed by atoms with E-state index in [1.54, 1.807) is 0 Å². The maximum Gasteiger partial charge on any atom is 0.261 e. The van der Waals surface area contributed by atoms with Crippen LogP contribution in [0.1, 0.15) is 22.2 Å². The molecule has 2 nitrogen and oxygen atoms in total. The van der Waals surface area contributed by atoms with Gasteiger partial charge in [0.2, 0.25) is 0 Å². The first-order chi connectivity index (χ1) is 8.25. The van der Waals surface area contributed by atoms with Crippen molar-refractivity contribution < 1.29 is 4.79 Å². The number of carbonyl (C=O) groups excluding carboxylic acids is 1. The number of hydrogen-bond acceptors (Lipinski definition) is 2. The summed E-state index contributed by atoms with van der Waals surface area (Å²) < 4.78 is 0. The topological polar surface area (TPSA) is 29.1 Å². The van der Waals surface area contributed by atoms with E-state index in [-0.39, 0.29) is 11.9 Å². The Kier molecular flexibility index (Phi) is 3.94. The fraction of sp³-hybridized carbons (Fsp3) is 0.214. The van der Waals surface area contributed by atoms with Gasteiger partial charge in [0.05, 0.1) is 4.88 Å². The van der Waals surface area contributed by atoms with Crippen LogP contribution in [-0.2, 0) is 6.42 Å². The molecule has 1 unspecified atom stereocenters. The average molecular weight is 245 g/mol. The van der Waals surface area contributed by atoms with Crippen LogP contribution in [0.15, 0.2) is 47.8 Å². The number of thiophene rings is 1. The molecule has 17 heavy (non-hydrogen) atoms. The monoisotopic (exact) mass is 245 g/mol. The Labute approximate surface area is 105 Å². The molecule has 0 radical (unpaired) electrons. The summed E-state index contributed by atoms with van der Waals surface area (Å²) >= 11 is 1.47. The summed E-state index contributed by atoms with van der Waals surface area (Å²) in [6, 6.07) is 14.1. The largest absolute Gasteiger partial charge is 0.349 e. The summed E-state index contributed by atoms with van der Waals surface area (Å²) in [6.07, 6.45) is 0.859. The van der Waals surface area contributed by atoms with Crippen LogP contribution in [0, 0.1) is 0 Å². The molecule has 1 aromatic carbocycles. The van der Waals surface area contributed by atoms with Crippen LogP contribution in [-0.4, -0.2) is 11.9 Å². The lowest BCUT2D eigenvalue weighted by Gasteiger charge is -2.13. The zero-order chi connectivity index (χ0) is 12.1. The van der Waals surface area contributed by atoms with Gasteiger partial charge in [-0.05, 0) is 30.4 Å². The van der Waals surface area contributed by atoms with Gasteiger partial charge in [0.15, 0.2) is 0 Å². The van der Waals surface area contributed by atoms with Gasteiger partial charge in [0.25, 0.3) is 5.91 Å². The Bertz CT molecular complexity index is 464. The summed E-state index contributed by atoms with van der Waals surface area (Å²) in [6.45, 7) is 2.03. The van der Waals surface area contributed by atoms with E-state index in [0.29, 0.717) is 0 Å². The Balaban J connectivity index is 1.90. The third-order valence-electron chi connectivity index (χ3n) is 2.51. The highest BCUT2D eigenvalue weighted by atomic mass is 32.1. The van der Waals surface area contributed by atoms with Crippen molar-refractivity contribution in [2.24, 2.45) is 0 Å². The first kappa shape index (κ1) is 11.9. The number of hydrogen-bond donors (Lipinski definition) is 1. The van der Waals surface area contributed by atoms with Crippen LogP contribution >= 0.6 is 11.3 Å². The molecule has 0 fully saturated rings. The van der Waals surface area contributed by atoms with Crippen molar-refractivity contribution >= 4 is 17.2 Å². The molecule has 1 amide bonds. The Hall–Kier alpha value is -1.61. The summed E-state index contributed by atoms with van der Waals surface area (Å²) in [5.41, 5.74) is 1.24. The molecule has 1 aromatic heterocycles. The lowest BCUT2D eigenvalue weighted by molar-refractivity contribution is 0.0944. The van der Waals surface area contributed by atoms with Crippen molar-refractivity contribution in [3.05, 3.63) is 58.3 Å². The highest BCUT2D eigenvalue weighted by Gasteiger charge is 2.10. The van der Waals surface area contributed by atoms with Crippen molar-refractivity contribution in [1.29, 1.82) is 0 Å². The van der Waals surface area contributed by atoms with Gasteiger partial charge < -0.3 is 5.32 Å². The van der Waals surface area contributed by atoms with Crippen molar-refractivity contribution in [2.45, 2.75) is 19.4 Å². The molecule has 2 rings (SSSR count). The highest BCUT2D eigenvalue weighted by molar-refractivity contribution is 7.12. The Morgan fingerprint density at radius 3 is 2.65 bits per heavy atom. The molecule has 1 atom stereocenters. The van der Waals surface area contributed by atoms with E-state index in [4.69, 9.17) is 0 Å². The second-order valence-corrected chi connectivity index (χ2v) is 4.99. The van der Waals surface area contributed by atoms with Crippen LogP contribution in [0.25, 0.3) is 0 Å². The lowest BCUT2D eigenvalue weighted by Crippen LogP contribution is -2.33. The SMILES string of the molecule is CC(Cc1ccccc1)NC(=O)c1cccs1. The molecular weight excluding hydrogens is 230 g/mol. The lowest BCUT2D eigenvalue weighted by atomic mass is 10.1. The second kappa shape index (κ2) is 5.64. The van der Waals surface area contributed by atoms with Crippen molar-refractivity contribution in [1.82, 2.24) is 5.32 Å². The molecule has 0 aliphatic rings. The van der Waals surface area contributed by atoms with Crippen molar-refractivity contribution in [3.8, 4) is 0 Å². The van der Waals surface area contributed by atoms with E-state index in [9.17, 15) is 4.79 Å². The maximum absolute atomic E-state index is 11.8. The highest BCUT2D eigenvalue weighted by Crippen LogP contribution is 2.09. The molecule has 0 aliphatic heterocycles. The minimum atomic E-state index is 0.0171. The number of benzene rings is 1. The van der Waals surface area contributed by atoms with Gasteiger partial charge in [-0.1, -0.05) is 36.4 Å². The predicted octanol–water partition coefficient (Wildman–Crippen LogP) is 3.11. The second-order valence-electron chi connectivity index (χ2n) is 4.04. The van der Waals surface area contributed by atoms with E-state index in [1.165, 1.54) is 16.9 Å². The third-order valence-corrected chi connectivity index (χ3v) is 3.38. The van der Waals surface area contributed by atoms with E-state index in [2.05, 4.69) is 17.4 Å². The fourth-order valence-corrected chi connectivity index (χ4v) is 2.35. The zero-order valence-electron chi connectivity index (χ0n) is 9.72. The van der Waals surface area contributed by atoms with Crippen LogP contribution in [0.4, 0.5) is 0 Å². The standard InChI is InChI=1S/C14H15NOS/c1-11(10-12-6-3-2-4-7-12)15-14(16)13-8-5-9-17-13/h2-9,11H,10H2,1H3,(H,15,16). The number of amides is 1. The van der Waals surface area contributed by atoms with Gasteiger partial charge in [-0.25, -0.2) is 0 Å². The molecule has 1 heterocycles. The van der Waals surface area contributed by atoms with E-state index in [0.717, 1.165) is 11.3 Å². The Morgan fingerprint density at radius 1 is 1.24 bits per heavy atom. The molecule has 3 heteroatoms. The van der Waals surface area contributed by atoms with Gasteiger partial charge in [0, 0.05) is 6.04 Å². The molecule has 1 N–H and O–H groups in total.